The van der Waals surface area contributed by atoms with Crippen LogP contribution in [-0.2, 0) is 4.74 Å². The number of halogens is 1. The van der Waals surface area contributed by atoms with Crippen LogP contribution in [0.2, 0.25) is 5.02 Å². The molecule has 0 fully saturated rings. The number of carbonyl (C=O) groups is 1. The lowest BCUT2D eigenvalue weighted by atomic mass is 10.3. The van der Waals surface area contributed by atoms with E-state index in [4.69, 9.17) is 16.0 Å². The van der Waals surface area contributed by atoms with Gasteiger partial charge in [0.25, 0.3) is 0 Å². The molecule has 0 saturated heterocycles. The Morgan fingerprint density at radius 1 is 1.64 bits per heavy atom. The number of ether oxygens (including phenoxy) is 1. The van der Waals surface area contributed by atoms with Crippen molar-refractivity contribution in [3.63, 3.8) is 0 Å². The number of aryl methyl sites for hydroxylation is 1. The van der Waals surface area contributed by atoms with Crippen molar-refractivity contribution in [1.82, 2.24) is 0 Å². The van der Waals surface area contributed by atoms with Gasteiger partial charge in [-0.25, -0.2) is 9.59 Å². The van der Waals surface area contributed by atoms with Crippen LogP contribution in [0.25, 0.3) is 0 Å². The average molecular weight is 217 g/mol. The summed E-state index contributed by atoms with van der Waals surface area (Å²) in [6, 6.07) is 1.40. The van der Waals surface area contributed by atoms with Gasteiger partial charge in [0, 0.05) is 0 Å². The molecule has 0 aliphatic rings. The van der Waals surface area contributed by atoms with Gasteiger partial charge in [-0.15, -0.1) is 0 Å². The van der Waals surface area contributed by atoms with Gasteiger partial charge in [-0.05, 0) is 19.9 Å². The van der Waals surface area contributed by atoms with Gasteiger partial charge in [0.1, 0.15) is 5.76 Å². The molecule has 0 atom stereocenters. The predicted octanol–water partition coefficient (Wildman–Crippen LogP) is 1.78. The Balaban J connectivity index is 3.21. The predicted molar refractivity (Wildman–Crippen MR) is 50.7 cm³/mol. The summed E-state index contributed by atoms with van der Waals surface area (Å²) >= 11 is 5.70. The van der Waals surface area contributed by atoms with E-state index in [0.29, 0.717) is 5.76 Å². The highest BCUT2D eigenvalue weighted by Crippen LogP contribution is 2.14. The average Bonchev–Trinajstić information content (AvgIpc) is 2.01. The van der Waals surface area contributed by atoms with E-state index in [-0.39, 0.29) is 17.2 Å². The molecular weight excluding hydrogens is 208 g/mol. The summed E-state index contributed by atoms with van der Waals surface area (Å²) in [4.78, 5) is 22.5. The summed E-state index contributed by atoms with van der Waals surface area (Å²) < 4.78 is 9.36. The monoisotopic (exact) mass is 216 g/mol. The Bertz CT molecular complexity index is 408. The maximum atomic E-state index is 11.2. The Morgan fingerprint density at radius 2 is 2.29 bits per heavy atom. The van der Waals surface area contributed by atoms with E-state index in [1.54, 1.807) is 13.8 Å². The van der Waals surface area contributed by atoms with Crippen molar-refractivity contribution in [2.24, 2.45) is 0 Å². The number of hydrogen-bond acceptors (Lipinski definition) is 4. The Labute approximate surface area is 85.4 Å². The lowest BCUT2D eigenvalue weighted by Crippen LogP contribution is -2.17. The van der Waals surface area contributed by atoms with E-state index in [9.17, 15) is 9.59 Å². The van der Waals surface area contributed by atoms with Gasteiger partial charge in [-0.2, -0.15) is 0 Å². The van der Waals surface area contributed by atoms with Gasteiger partial charge in [0.2, 0.25) is 0 Å². The van der Waals surface area contributed by atoms with Gasteiger partial charge in [0.15, 0.2) is 5.56 Å². The fraction of sp³-hybridized carbons (Fsp3) is 0.333. The number of hydrogen-bond donors (Lipinski definition) is 0. The summed E-state index contributed by atoms with van der Waals surface area (Å²) in [5.41, 5.74) is -1.02. The highest BCUT2D eigenvalue weighted by atomic mass is 35.5. The van der Waals surface area contributed by atoms with E-state index in [0.717, 1.165) is 0 Å². The van der Waals surface area contributed by atoms with Crippen molar-refractivity contribution in [3.8, 4) is 0 Å². The van der Waals surface area contributed by atoms with Crippen LogP contribution < -0.4 is 5.63 Å². The fourth-order valence-electron chi connectivity index (χ4n) is 0.959. The molecule has 0 amide bonds. The zero-order chi connectivity index (χ0) is 10.7. The van der Waals surface area contributed by atoms with Crippen molar-refractivity contribution >= 4 is 17.6 Å². The second-order valence-corrected chi connectivity index (χ2v) is 3.00. The van der Waals surface area contributed by atoms with E-state index in [1.807, 2.05) is 0 Å². The number of rotatable bonds is 2. The molecule has 0 unspecified atom stereocenters. The normalized spacial score (nSPS) is 9.93. The maximum Gasteiger partial charge on any atom is 0.352 e. The summed E-state index contributed by atoms with van der Waals surface area (Å²) in [5.74, 6) is -0.403. The Morgan fingerprint density at radius 3 is 2.79 bits per heavy atom. The first kappa shape index (κ1) is 10.8. The molecule has 0 N–H and O–H groups in total. The van der Waals surface area contributed by atoms with Gasteiger partial charge in [-0.1, -0.05) is 11.6 Å². The molecule has 76 valence electrons. The molecule has 1 aromatic heterocycles. The summed E-state index contributed by atoms with van der Waals surface area (Å²) in [6.07, 6.45) is 0. The van der Waals surface area contributed by atoms with Crippen molar-refractivity contribution in [3.05, 3.63) is 32.8 Å². The van der Waals surface area contributed by atoms with Crippen LogP contribution in [0.1, 0.15) is 23.0 Å². The highest BCUT2D eigenvalue weighted by molar-refractivity contribution is 6.33. The minimum atomic E-state index is -0.770. The zero-order valence-corrected chi connectivity index (χ0v) is 8.55. The molecule has 1 rings (SSSR count). The van der Waals surface area contributed by atoms with E-state index in [2.05, 4.69) is 4.74 Å². The summed E-state index contributed by atoms with van der Waals surface area (Å²) in [7, 11) is 0. The van der Waals surface area contributed by atoms with E-state index < -0.39 is 11.6 Å². The van der Waals surface area contributed by atoms with Crippen LogP contribution in [0.3, 0.4) is 0 Å². The quantitative estimate of drug-likeness (QED) is 0.707. The molecule has 0 aliphatic heterocycles. The van der Waals surface area contributed by atoms with Crippen molar-refractivity contribution in [2.75, 3.05) is 6.61 Å². The third-order valence-electron chi connectivity index (χ3n) is 1.51. The van der Waals surface area contributed by atoms with Gasteiger partial charge in [-0.3, -0.25) is 0 Å². The lowest BCUT2D eigenvalue weighted by Gasteiger charge is -2.02. The second-order valence-electron chi connectivity index (χ2n) is 2.59. The van der Waals surface area contributed by atoms with Gasteiger partial charge in [0.05, 0.1) is 11.6 Å². The molecule has 1 heterocycles. The standard InChI is InChI=1S/C9H9ClO4/c1-3-13-8(11)7-6(10)4-5(2)14-9(7)12/h4H,3H2,1-2H3. The SMILES string of the molecule is CCOC(=O)c1c(Cl)cc(C)oc1=O. The first-order valence-electron chi connectivity index (χ1n) is 4.03. The van der Waals surface area contributed by atoms with Crippen molar-refractivity contribution in [2.45, 2.75) is 13.8 Å². The summed E-state index contributed by atoms with van der Waals surface area (Å²) in [5, 5.41) is 0.0530. The summed E-state index contributed by atoms with van der Waals surface area (Å²) in [6.45, 7) is 3.40. The highest BCUT2D eigenvalue weighted by Gasteiger charge is 2.18. The molecule has 0 aliphatic carbocycles. The molecule has 0 saturated carbocycles. The molecule has 0 radical (unpaired) electrons. The van der Waals surface area contributed by atoms with Crippen molar-refractivity contribution < 1.29 is 13.9 Å². The van der Waals surface area contributed by atoms with Crippen LogP contribution in [0, 0.1) is 6.92 Å². The molecule has 0 aromatic carbocycles. The molecular formula is C9H9ClO4. The van der Waals surface area contributed by atoms with E-state index >= 15 is 0 Å². The van der Waals surface area contributed by atoms with Crippen LogP contribution in [-0.4, -0.2) is 12.6 Å². The molecule has 4 nitrogen and oxygen atoms in total. The first-order valence-corrected chi connectivity index (χ1v) is 4.41. The smallest absolute Gasteiger partial charge is 0.352 e. The topological polar surface area (TPSA) is 56.5 Å². The minimum absolute atomic E-state index is 0.0530. The van der Waals surface area contributed by atoms with Crippen LogP contribution in [0.15, 0.2) is 15.3 Å². The third kappa shape index (κ3) is 2.14. The maximum absolute atomic E-state index is 11.2. The third-order valence-corrected chi connectivity index (χ3v) is 1.80. The fourth-order valence-corrected chi connectivity index (χ4v) is 1.27. The van der Waals surface area contributed by atoms with Gasteiger partial charge < -0.3 is 9.15 Å². The molecule has 0 bridgehead atoms. The van der Waals surface area contributed by atoms with E-state index in [1.165, 1.54) is 6.07 Å². The zero-order valence-electron chi connectivity index (χ0n) is 7.80. The molecule has 0 spiro atoms. The largest absolute Gasteiger partial charge is 0.462 e. The van der Waals surface area contributed by atoms with Crippen molar-refractivity contribution in [1.29, 1.82) is 0 Å². The second kappa shape index (κ2) is 4.28. The Hall–Kier alpha value is -1.29. The number of carbonyl (C=O) groups excluding carboxylic acids is 1. The molecule has 1 aromatic rings. The van der Waals surface area contributed by atoms with Crippen LogP contribution >= 0.6 is 11.6 Å². The van der Waals surface area contributed by atoms with Crippen LogP contribution in [0.5, 0.6) is 0 Å². The molecule has 5 heteroatoms. The van der Waals surface area contributed by atoms with Gasteiger partial charge >= 0.3 is 11.6 Å². The van der Waals surface area contributed by atoms with Crippen LogP contribution in [0.4, 0.5) is 0 Å². The number of esters is 1. The Kier molecular flexibility index (Phi) is 3.30. The minimum Gasteiger partial charge on any atom is -0.462 e. The lowest BCUT2D eigenvalue weighted by molar-refractivity contribution is 0.0521. The first-order chi connectivity index (χ1) is 6.56. The molecule has 14 heavy (non-hydrogen) atoms.